The lowest BCUT2D eigenvalue weighted by molar-refractivity contribution is -0.117. The first-order valence-electron chi connectivity index (χ1n) is 8.48. The van der Waals surface area contributed by atoms with Crippen LogP contribution in [0.25, 0.3) is 0 Å². The second kappa shape index (κ2) is 9.25. The standard InChI is InChI=1S/C20H23ClN2O3/c1-4-19(24)22-15-6-8-17(21)18(12-15)23-20(25)9-10-26-16-7-5-13(2)14(3)11-16/h5-8,11-12H,4,9-10H2,1-3H3,(H,22,24)(H,23,25). The van der Waals surface area contributed by atoms with Crippen molar-refractivity contribution in [3.63, 3.8) is 0 Å². The van der Waals surface area contributed by atoms with Crippen LogP contribution in [0.2, 0.25) is 5.02 Å². The van der Waals surface area contributed by atoms with Gasteiger partial charge in [0.2, 0.25) is 11.8 Å². The molecule has 0 aliphatic rings. The minimum atomic E-state index is -0.213. The number of benzene rings is 2. The fraction of sp³-hybridized carbons (Fsp3) is 0.300. The van der Waals surface area contributed by atoms with Crippen molar-refractivity contribution in [2.24, 2.45) is 0 Å². The number of halogens is 1. The summed E-state index contributed by atoms with van der Waals surface area (Å²) in [5.41, 5.74) is 3.38. The van der Waals surface area contributed by atoms with Crippen LogP contribution < -0.4 is 15.4 Å². The lowest BCUT2D eigenvalue weighted by atomic mass is 10.1. The summed E-state index contributed by atoms with van der Waals surface area (Å²) in [6.07, 6.45) is 0.564. The molecule has 0 aliphatic carbocycles. The number of anilines is 2. The molecule has 0 unspecified atom stereocenters. The average molecular weight is 375 g/mol. The van der Waals surface area contributed by atoms with Gasteiger partial charge in [0.1, 0.15) is 5.75 Å². The fourth-order valence-electron chi connectivity index (χ4n) is 2.23. The van der Waals surface area contributed by atoms with E-state index in [1.165, 1.54) is 5.56 Å². The Morgan fingerprint density at radius 3 is 2.46 bits per heavy atom. The lowest BCUT2D eigenvalue weighted by Crippen LogP contribution is -2.16. The molecule has 6 heteroatoms. The summed E-state index contributed by atoms with van der Waals surface area (Å²) in [4.78, 5) is 23.6. The van der Waals surface area contributed by atoms with Gasteiger partial charge in [0, 0.05) is 12.1 Å². The van der Waals surface area contributed by atoms with E-state index in [2.05, 4.69) is 10.6 Å². The Morgan fingerprint density at radius 1 is 1.00 bits per heavy atom. The number of nitrogens with one attached hydrogen (secondary N) is 2. The second-order valence-electron chi connectivity index (χ2n) is 5.99. The first kappa shape index (κ1) is 19.8. The summed E-state index contributed by atoms with van der Waals surface area (Å²) in [7, 11) is 0. The Morgan fingerprint density at radius 2 is 1.77 bits per heavy atom. The lowest BCUT2D eigenvalue weighted by Gasteiger charge is -2.11. The van der Waals surface area contributed by atoms with E-state index in [-0.39, 0.29) is 24.8 Å². The number of ether oxygens (including phenoxy) is 1. The van der Waals surface area contributed by atoms with Crippen molar-refractivity contribution in [1.82, 2.24) is 0 Å². The van der Waals surface area contributed by atoms with E-state index in [0.29, 0.717) is 22.8 Å². The number of amides is 2. The Hall–Kier alpha value is -2.53. The Kier molecular flexibility index (Phi) is 7.04. The first-order chi connectivity index (χ1) is 12.4. The van der Waals surface area contributed by atoms with Gasteiger partial charge in [-0.25, -0.2) is 0 Å². The van der Waals surface area contributed by atoms with E-state index in [0.717, 1.165) is 11.3 Å². The molecule has 26 heavy (non-hydrogen) atoms. The van der Waals surface area contributed by atoms with Gasteiger partial charge in [0.15, 0.2) is 0 Å². The van der Waals surface area contributed by atoms with Crippen LogP contribution in [0.4, 0.5) is 11.4 Å². The highest BCUT2D eigenvalue weighted by Crippen LogP contribution is 2.26. The summed E-state index contributed by atoms with van der Waals surface area (Å²) >= 11 is 6.11. The molecule has 2 amide bonds. The number of rotatable bonds is 7. The number of hydrogen-bond acceptors (Lipinski definition) is 3. The summed E-state index contributed by atoms with van der Waals surface area (Å²) in [6.45, 7) is 6.08. The molecular weight excluding hydrogens is 352 g/mol. The zero-order valence-corrected chi connectivity index (χ0v) is 15.9. The van der Waals surface area contributed by atoms with Crippen molar-refractivity contribution < 1.29 is 14.3 Å². The van der Waals surface area contributed by atoms with Gasteiger partial charge in [-0.15, -0.1) is 0 Å². The summed E-state index contributed by atoms with van der Waals surface area (Å²) in [6, 6.07) is 10.8. The monoisotopic (exact) mass is 374 g/mol. The van der Waals surface area contributed by atoms with Gasteiger partial charge in [-0.1, -0.05) is 24.6 Å². The Bertz CT molecular complexity index is 806. The van der Waals surface area contributed by atoms with Crippen molar-refractivity contribution in [2.75, 3.05) is 17.2 Å². The second-order valence-corrected chi connectivity index (χ2v) is 6.40. The van der Waals surface area contributed by atoms with E-state index >= 15 is 0 Å². The highest BCUT2D eigenvalue weighted by molar-refractivity contribution is 6.33. The maximum atomic E-state index is 12.1. The summed E-state index contributed by atoms with van der Waals surface area (Å²) in [5, 5.41) is 5.89. The zero-order valence-electron chi connectivity index (χ0n) is 15.2. The molecule has 0 spiro atoms. The van der Waals surface area contributed by atoms with Crippen LogP contribution in [0.5, 0.6) is 5.75 Å². The largest absolute Gasteiger partial charge is 0.493 e. The molecule has 0 atom stereocenters. The van der Waals surface area contributed by atoms with Gasteiger partial charge in [0.25, 0.3) is 0 Å². The smallest absolute Gasteiger partial charge is 0.227 e. The van der Waals surface area contributed by atoms with Crippen LogP contribution in [0, 0.1) is 13.8 Å². The normalized spacial score (nSPS) is 10.3. The molecule has 2 rings (SSSR count). The minimum absolute atomic E-state index is 0.105. The van der Waals surface area contributed by atoms with E-state index < -0.39 is 0 Å². The van der Waals surface area contributed by atoms with Gasteiger partial charge in [-0.2, -0.15) is 0 Å². The van der Waals surface area contributed by atoms with E-state index in [4.69, 9.17) is 16.3 Å². The predicted octanol–water partition coefficient (Wildman–Crippen LogP) is 4.71. The molecule has 5 nitrogen and oxygen atoms in total. The highest BCUT2D eigenvalue weighted by Gasteiger charge is 2.09. The van der Waals surface area contributed by atoms with Crippen LogP contribution in [-0.2, 0) is 9.59 Å². The van der Waals surface area contributed by atoms with Crippen molar-refractivity contribution in [3.8, 4) is 5.75 Å². The van der Waals surface area contributed by atoms with Gasteiger partial charge < -0.3 is 15.4 Å². The van der Waals surface area contributed by atoms with Gasteiger partial charge in [0.05, 0.1) is 23.7 Å². The minimum Gasteiger partial charge on any atom is -0.493 e. The zero-order chi connectivity index (χ0) is 19.1. The van der Waals surface area contributed by atoms with Crippen molar-refractivity contribution in [3.05, 3.63) is 52.5 Å². The molecule has 2 aromatic rings. The quantitative estimate of drug-likeness (QED) is 0.737. The van der Waals surface area contributed by atoms with Gasteiger partial charge >= 0.3 is 0 Å². The predicted molar refractivity (Wildman–Crippen MR) is 105 cm³/mol. The Labute approximate surface area is 158 Å². The van der Waals surface area contributed by atoms with E-state index in [1.807, 2.05) is 32.0 Å². The SMILES string of the molecule is CCC(=O)Nc1ccc(Cl)c(NC(=O)CCOc2ccc(C)c(C)c2)c1. The van der Waals surface area contributed by atoms with Crippen LogP contribution in [0.1, 0.15) is 30.9 Å². The number of hydrogen-bond donors (Lipinski definition) is 2. The topological polar surface area (TPSA) is 67.4 Å². The average Bonchev–Trinajstić information content (AvgIpc) is 2.61. The molecule has 0 aliphatic heterocycles. The Balaban J connectivity index is 1.89. The van der Waals surface area contributed by atoms with Crippen LogP contribution >= 0.6 is 11.6 Å². The molecule has 2 N–H and O–H groups in total. The van der Waals surface area contributed by atoms with Crippen molar-refractivity contribution >= 4 is 34.8 Å². The van der Waals surface area contributed by atoms with Crippen LogP contribution in [-0.4, -0.2) is 18.4 Å². The molecule has 2 aromatic carbocycles. The van der Waals surface area contributed by atoms with Crippen molar-refractivity contribution in [2.45, 2.75) is 33.6 Å². The number of carbonyl (C=O) groups excluding carboxylic acids is 2. The number of aryl methyl sites for hydroxylation is 2. The van der Waals surface area contributed by atoms with Crippen LogP contribution in [0.3, 0.4) is 0 Å². The molecule has 0 radical (unpaired) electrons. The van der Waals surface area contributed by atoms with E-state index in [9.17, 15) is 9.59 Å². The molecule has 0 bridgehead atoms. The molecule has 0 saturated heterocycles. The third-order valence-corrected chi connectivity index (χ3v) is 4.25. The fourth-order valence-corrected chi connectivity index (χ4v) is 2.39. The van der Waals surface area contributed by atoms with Gasteiger partial charge in [-0.3, -0.25) is 9.59 Å². The first-order valence-corrected chi connectivity index (χ1v) is 8.86. The highest BCUT2D eigenvalue weighted by atomic mass is 35.5. The maximum absolute atomic E-state index is 12.1. The van der Waals surface area contributed by atoms with Crippen molar-refractivity contribution in [1.29, 1.82) is 0 Å². The van der Waals surface area contributed by atoms with Gasteiger partial charge in [-0.05, 0) is 55.3 Å². The summed E-state index contributed by atoms with van der Waals surface area (Å²) in [5.74, 6) is 0.421. The molecule has 0 aromatic heterocycles. The molecule has 0 saturated carbocycles. The third-order valence-electron chi connectivity index (χ3n) is 3.92. The molecule has 138 valence electrons. The molecule has 0 heterocycles. The number of carbonyl (C=O) groups is 2. The maximum Gasteiger partial charge on any atom is 0.227 e. The van der Waals surface area contributed by atoms with E-state index in [1.54, 1.807) is 25.1 Å². The summed E-state index contributed by atoms with van der Waals surface area (Å²) < 4.78 is 5.62. The van der Waals surface area contributed by atoms with Crippen LogP contribution in [0.15, 0.2) is 36.4 Å². The molecular formula is C20H23ClN2O3. The third kappa shape index (κ3) is 5.77. The molecule has 0 fully saturated rings.